The van der Waals surface area contributed by atoms with E-state index in [4.69, 9.17) is 4.99 Å². The van der Waals surface area contributed by atoms with Crippen LogP contribution in [0.3, 0.4) is 0 Å². The van der Waals surface area contributed by atoms with Gasteiger partial charge in [-0.25, -0.2) is 4.98 Å². The van der Waals surface area contributed by atoms with E-state index in [1.165, 1.54) is 22.7 Å². The maximum atomic E-state index is 4.85. The first-order valence-corrected chi connectivity index (χ1v) is 10.1. The van der Waals surface area contributed by atoms with E-state index in [-0.39, 0.29) is 0 Å². The van der Waals surface area contributed by atoms with Gasteiger partial charge in [0, 0.05) is 48.5 Å². The summed E-state index contributed by atoms with van der Waals surface area (Å²) >= 11 is 3.90. The summed E-state index contributed by atoms with van der Waals surface area (Å²) in [5, 5.41) is 5.35. The van der Waals surface area contributed by atoms with Crippen LogP contribution in [0.1, 0.15) is 35.8 Å². The zero-order valence-corrected chi connectivity index (χ0v) is 15.8. The van der Waals surface area contributed by atoms with Gasteiger partial charge in [-0.05, 0) is 27.2 Å². The van der Waals surface area contributed by atoms with Crippen LogP contribution in [0, 0.1) is 13.8 Å². The minimum atomic E-state index is 0.740. The summed E-state index contributed by atoms with van der Waals surface area (Å²) in [5.74, 6) is 2.29. The minimum absolute atomic E-state index is 0.740. The number of rotatable bonds is 5. The second kappa shape index (κ2) is 8.77. The van der Waals surface area contributed by atoms with Crippen molar-refractivity contribution >= 4 is 29.1 Å². The lowest BCUT2D eigenvalue weighted by Gasteiger charge is -2.34. The molecule has 1 aromatic rings. The molecule has 1 aromatic heterocycles. The second-order valence-electron chi connectivity index (χ2n) is 5.57. The van der Waals surface area contributed by atoms with E-state index >= 15 is 0 Å². The third-order valence-electron chi connectivity index (χ3n) is 3.83. The summed E-state index contributed by atoms with van der Waals surface area (Å²) in [5.41, 5.74) is 1.17. The molecule has 1 aliphatic heterocycles. The van der Waals surface area contributed by atoms with Crippen molar-refractivity contribution < 1.29 is 0 Å². The largest absolute Gasteiger partial charge is 0.357 e. The smallest absolute Gasteiger partial charge is 0.193 e. The summed E-state index contributed by atoms with van der Waals surface area (Å²) in [6.07, 6.45) is 2.23. The zero-order chi connectivity index (χ0) is 15.9. The number of nitrogens with zero attached hydrogens (tertiary/aromatic N) is 3. The lowest BCUT2D eigenvalue weighted by Crippen LogP contribution is -2.48. The molecule has 1 saturated heterocycles. The number of hydrogen-bond acceptors (Lipinski definition) is 4. The molecule has 0 amide bonds. The van der Waals surface area contributed by atoms with Crippen LogP contribution >= 0.6 is 23.1 Å². The van der Waals surface area contributed by atoms with Gasteiger partial charge in [-0.15, -0.1) is 11.3 Å². The molecule has 0 radical (unpaired) electrons. The molecule has 4 nitrogen and oxygen atoms in total. The van der Waals surface area contributed by atoms with Gasteiger partial charge in [-0.3, -0.25) is 4.99 Å². The molecule has 2 heterocycles. The van der Waals surface area contributed by atoms with Crippen LogP contribution in [0.25, 0.3) is 0 Å². The Morgan fingerprint density at radius 3 is 2.86 bits per heavy atom. The highest BCUT2D eigenvalue weighted by atomic mass is 32.2. The molecule has 0 saturated carbocycles. The van der Waals surface area contributed by atoms with Crippen LogP contribution in [-0.4, -0.2) is 53.0 Å². The number of thiazole rings is 1. The van der Waals surface area contributed by atoms with E-state index in [1.807, 2.05) is 0 Å². The number of aryl methyl sites for hydroxylation is 2. The molecule has 0 bridgehead atoms. The third kappa shape index (κ3) is 4.88. The van der Waals surface area contributed by atoms with Crippen molar-refractivity contribution in [3.05, 3.63) is 15.6 Å². The van der Waals surface area contributed by atoms with Crippen molar-refractivity contribution in [1.29, 1.82) is 0 Å². The normalized spacial score (nSPS) is 19.5. The van der Waals surface area contributed by atoms with Crippen LogP contribution < -0.4 is 5.32 Å². The Kier molecular flexibility index (Phi) is 7.02. The fourth-order valence-corrected chi connectivity index (χ4v) is 4.76. The summed E-state index contributed by atoms with van der Waals surface area (Å²) in [4.78, 5) is 13.2. The molecule has 1 unspecified atom stereocenters. The lowest BCUT2D eigenvalue weighted by molar-refractivity contribution is 0.408. The Labute approximate surface area is 142 Å². The number of nitrogens with one attached hydrogen (secondary N) is 1. The molecular weight excluding hydrogens is 312 g/mol. The SMILES string of the molecule is CCNC(=NCCc1sc(C)nc1C)N1CCSC(CC)C1. The Morgan fingerprint density at radius 2 is 2.23 bits per heavy atom. The van der Waals surface area contributed by atoms with Gasteiger partial charge >= 0.3 is 0 Å². The number of aromatic nitrogens is 1. The molecule has 2 rings (SSSR count). The molecule has 22 heavy (non-hydrogen) atoms. The highest BCUT2D eigenvalue weighted by Crippen LogP contribution is 2.21. The van der Waals surface area contributed by atoms with Crippen molar-refractivity contribution in [1.82, 2.24) is 15.2 Å². The highest BCUT2D eigenvalue weighted by Gasteiger charge is 2.21. The second-order valence-corrected chi connectivity index (χ2v) is 8.27. The van der Waals surface area contributed by atoms with Gasteiger partial charge in [-0.2, -0.15) is 11.8 Å². The Bertz CT molecular complexity index is 498. The number of guanidine groups is 1. The van der Waals surface area contributed by atoms with Gasteiger partial charge in [0.1, 0.15) is 0 Å². The Morgan fingerprint density at radius 1 is 1.41 bits per heavy atom. The van der Waals surface area contributed by atoms with Crippen LogP contribution in [0.5, 0.6) is 0 Å². The van der Waals surface area contributed by atoms with E-state index in [1.54, 1.807) is 11.3 Å². The van der Waals surface area contributed by atoms with Crippen molar-refractivity contribution in [3.63, 3.8) is 0 Å². The van der Waals surface area contributed by atoms with E-state index < -0.39 is 0 Å². The zero-order valence-electron chi connectivity index (χ0n) is 14.2. The van der Waals surface area contributed by atoms with Gasteiger partial charge in [0.15, 0.2) is 5.96 Å². The fourth-order valence-electron chi connectivity index (χ4n) is 2.65. The summed E-state index contributed by atoms with van der Waals surface area (Å²) < 4.78 is 0. The first kappa shape index (κ1) is 17.6. The maximum absolute atomic E-state index is 4.85. The van der Waals surface area contributed by atoms with Crippen molar-refractivity contribution in [2.45, 2.75) is 45.8 Å². The van der Waals surface area contributed by atoms with Gasteiger partial charge in [0.05, 0.1) is 10.7 Å². The molecule has 0 aromatic carbocycles. The molecule has 0 spiro atoms. The van der Waals surface area contributed by atoms with E-state index in [0.29, 0.717) is 0 Å². The van der Waals surface area contributed by atoms with Gasteiger partial charge in [0.25, 0.3) is 0 Å². The van der Waals surface area contributed by atoms with Crippen LogP contribution in [-0.2, 0) is 6.42 Å². The highest BCUT2D eigenvalue weighted by molar-refractivity contribution is 8.00. The average Bonchev–Trinajstić information content (AvgIpc) is 2.84. The van der Waals surface area contributed by atoms with Gasteiger partial charge < -0.3 is 10.2 Å². The van der Waals surface area contributed by atoms with Gasteiger partial charge in [-0.1, -0.05) is 6.92 Å². The minimum Gasteiger partial charge on any atom is -0.357 e. The van der Waals surface area contributed by atoms with Crippen molar-refractivity contribution in [3.8, 4) is 0 Å². The standard InChI is InChI=1S/C16H28N4S2/c1-5-14-11-20(9-10-21-14)16(17-6-2)18-8-7-15-12(3)19-13(4)22-15/h14H,5-11H2,1-4H3,(H,17,18). The molecule has 1 atom stereocenters. The van der Waals surface area contributed by atoms with E-state index in [0.717, 1.165) is 48.8 Å². The number of hydrogen-bond donors (Lipinski definition) is 1. The van der Waals surface area contributed by atoms with Crippen LogP contribution in [0.15, 0.2) is 4.99 Å². The molecule has 0 aliphatic carbocycles. The van der Waals surface area contributed by atoms with Crippen LogP contribution in [0.4, 0.5) is 0 Å². The Hall–Kier alpha value is -0.750. The molecule has 1 aliphatic rings. The fraction of sp³-hybridized carbons (Fsp3) is 0.750. The van der Waals surface area contributed by atoms with Gasteiger partial charge in [0.2, 0.25) is 0 Å². The number of thioether (sulfide) groups is 1. The molecule has 124 valence electrons. The summed E-state index contributed by atoms with van der Waals surface area (Å²) in [6.45, 7) is 12.6. The Balaban J connectivity index is 1.96. The number of aliphatic imine (C=N–C) groups is 1. The van der Waals surface area contributed by atoms with Crippen LogP contribution in [0.2, 0.25) is 0 Å². The first-order chi connectivity index (χ1) is 10.6. The van der Waals surface area contributed by atoms with E-state index in [2.05, 4.69) is 54.7 Å². The van der Waals surface area contributed by atoms with Crippen molar-refractivity contribution in [2.24, 2.45) is 4.99 Å². The topological polar surface area (TPSA) is 40.5 Å². The molecule has 1 fully saturated rings. The molecule has 6 heteroatoms. The monoisotopic (exact) mass is 340 g/mol. The van der Waals surface area contributed by atoms with Crippen molar-refractivity contribution in [2.75, 3.05) is 31.9 Å². The third-order valence-corrected chi connectivity index (χ3v) is 6.33. The maximum Gasteiger partial charge on any atom is 0.193 e. The molecule has 1 N–H and O–H groups in total. The summed E-state index contributed by atoms with van der Waals surface area (Å²) in [7, 11) is 0. The predicted molar refractivity (Wildman–Crippen MR) is 99.4 cm³/mol. The summed E-state index contributed by atoms with van der Waals surface area (Å²) in [6, 6.07) is 0. The lowest BCUT2D eigenvalue weighted by atomic mass is 10.3. The van der Waals surface area contributed by atoms with E-state index in [9.17, 15) is 0 Å². The average molecular weight is 341 g/mol. The quantitative estimate of drug-likeness (QED) is 0.660. The first-order valence-electron chi connectivity index (χ1n) is 8.21. The molecular formula is C16H28N4S2. The predicted octanol–water partition coefficient (Wildman–Crippen LogP) is 3.10.